The number of nitrogens with two attached hydrogens (primary N) is 1. The van der Waals surface area contributed by atoms with Gasteiger partial charge in [-0.3, -0.25) is 10.2 Å². The third-order valence-electron chi connectivity index (χ3n) is 4.46. The minimum Gasteiger partial charge on any atom is -0.385 e. The number of carbonyl (C=O) groups excluding carboxylic acids is 1. The molecule has 2 aromatic heterocycles. The molecule has 0 aliphatic heterocycles. The maximum Gasteiger partial charge on any atom is 0.272 e. The number of aromatic amines is 2. The highest BCUT2D eigenvalue weighted by Gasteiger charge is 2.11. The van der Waals surface area contributed by atoms with Crippen LogP contribution in [0.15, 0.2) is 72.2 Å². The van der Waals surface area contributed by atoms with Crippen molar-refractivity contribution in [1.82, 2.24) is 15.4 Å². The van der Waals surface area contributed by atoms with E-state index in [1.54, 1.807) is 0 Å². The highest BCUT2D eigenvalue weighted by molar-refractivity contribution is 6.08. The Morgan fingerprint density at radius 1 is 1.07 bits per heavy atom. The van der Waals surface area contributed by atoms with Crippen LogP contribution in [0.25, 0.3) is 21.8 Å². The molecule has 0 aliphatic rings. The first-order valence-electron chi connectivity index (χ1n) is 8.76. The number of carbonyl (C=O) groups is 1. The highest BCUT2D eigenvalue weighted by Crippen LogP contribution is 2.21. The van der Waals surface area contributed by atoms with Crippen LogP contribution >= 0.6 is 0 Å². The number of benzene rings is 2. The fraction of sp³-hybridized carbons (Fsp3) is 0.0476. The highest BCUT2D eigenvalue weighted by atomic mass is 16.1. The van der Waals surface area contributed by atoms with Crippen molar-refractivity contribution in [3.05, 3.63) is 78.4 Å². The van der Waals surface area contributed by atoms with E-state index >= 15 is 0 Å². The molecule has 0 radical (unpaired) electrons. The Hall–Kier alpha value is -4.00. The van der Waals surface area contributed by atoms with Crippen molar-refractivity contribution in [2.75, 3.05) is 5.32 Å². The number of hydrazone groups is 1. The fourth-order valence-electron chi connectivity index (χ4n) is 3.02. The number of amides is 1. The Morgan fingerprint density at radius 2 is 1.93 bits per heavy atom. The molecular weight excluding hydrogens is 352 g/mol. The SMILES string of the molecule is C=C(N)N/N=C(/C)c1ccc2[nH]c(C(=O)Nc3ccc4cc[nH]c4c3)cc2c1. The number of fused-ring (bicyclic) bond motifs is 2. The second-order valence-electron chi connectivity index (χ2n) is 6.55. The molecule has 4 aromatic rings. The van der Waals surface area contributed by atoms with Crippen LogP contribution < -0.4 is 16.5 Å². The summed E-state index contributed by atoms with van der Waals surface area (Å²) >= 11 is 0. The average Bonchev–Trinajstić information content (AvgIpc) is 3.31. The van der Waals surface area contributed by atoms with Gasteiger partial charge < -0.3 is 21.0 Å². The lowest BCUT2D eigenvalue weighted by Gasteiger charge is -2.03. The van der Waals surface area contributed by atoms with Gasteiger partial charge in [0.15, 0.2) is 0 Å². The summed E-state index contributed by atoms with van der Waals surface area (Å²) in [6.07, 6.45) is 1.87. The minimum absolute atomic E-state index is 0.199. The molecule has 140 valence electrons. The molecule has 0 saturated carbocycles. The van der Waals surface area contributed by atoms with E-state index < -0.39 is 0 Å². The van der Waals surface area contributed by atoms with Crippen LogP contribution in [0.1, 0.15) is 23.0 Å². The molecule has 7 nitrogen and oxygen atoms in total. The Bertz CT molecular complexity index is 1230. The van der Waals surface area contributed by atoms with Crippen LogP contribution in [-0.4, -0.2) is 21.6 Å². The predicted octanol–water partition coefficient (Wildman–Crippen LogP) is 3.65. The molecule has 0 unspecified atom stereocenters. The first kappa shape index (κ1) is 17.4. The summed E-state index contributed by atoms with van der Waals surface area (Å²) in [6.45, 7) is 5.42. The molecule has 2 heterocycles. The van der Waals surface area contributed by atoms with Gasteiger partial charge >= 0.3 is 0 Å². The maximum absolute atomic E-state index is 12.6. The van der Waals surface area contributed by atoms with Gasteiger partial charge in [0, 0.05) is 28.3 Å². The number of nitrogens with one attached hydrogen (secondary N) is 4. The maximum atomic E-state index is 12.6. The summed E-state index contributed by atoms with van der Waals surface area (Å²) in [6, 6.07) is 15.4. The van der Waals surface area contributed by atoms with Crippen LogP contribution in [0.3, 0.4) is 0 Å². The lowest BCUT2D eigenvalue weighted by atomic mass is 10.1. The zero-order valence-electron chi connectivity index (χ0n) is 15.3. The summed E-state index contributed by atoms with van der Waals surface area (Å²) in [5.41, 5.74) is 12.9. The van der Waals surface area contributed by atoms with Gasteiger partial charge in [-0.2, -0.15) is 5.10 Å². The first-order valence-corrected chi connectivity index (χ1v) is 8.76. The first-order chi connectivity index (χ1) is 13.5. The molecule has 6 N–H and O–H groups in total. The molecule has 7 heteroatoms. The molecule has 0 saturated heterocycles. The number of hydrogen-bond donors (Lipinski definition) is 5. The summed E-state index contributed by atoms with van der Waals surface area (Å²) in [7, 11) is 0. The zero-order chi connectivity index (χ0) is 19.7. The Labute approximate surface area is 161 Å². The van der Waals surface area contributed by atoms with Crippen molar-refractivity contribution < 1.29 is 4.79 Å². The number of anilines is 1. The van der Waals surface area contributed by atoms with E-state index in [0.29, 0.717) is 5.69 Å². The van der Waals surface area contributed by atoms with E-state index in [1.807, 2.05) is 61.7 Å². The lowest BCUT2D eigenvalue weighted by Crippen LogP contribution is -2.14. The van der Waals surface area contributed by atoms with Crippen LogP contribution in [0.2, 0.25) is 0 Å². The van der Waals surface area contributed by atoms with E-state index in [1.165, 1.54) is 0 Å². The summed E-state index contributed by atoms with van der Waals surface area (Å²) in [4.78, 5) is 18.9. The molecule has 0 aliphatic carbocycles. The summed E-state index contributed by atoms with van der Waals surface area (Å²) in [5, 5.41) is 9.11. The molecular formula is C21H20N6O. The smallest absolute Gasteiger partial charge is 0.272 e. The Morgan fingerprint density at radius 3 is 2.75 bits per heavy atom. The molecule has 28 heavy (non-hydrogen) atoms. The molecule has 4 rings (SSSR count). The third kappa shape index (κ3) is 3.45. The number of aromatic nitrogens is 2. The fourth-order valence-corrected chi connectivity index (χ4v) is 3.02. The van der Waals surface area contributed by atoms with Crippen LogP contribution in [-0.2, 0) is 0 Å². The largest absolute Gasteiger partial charge is 0.385 e. The van der Waals surface area contributed by atoms with E-state index in [-0.39, 0.29) is 11.7 Å². The van der Waals surface area contributed by atoms with Gasteiger partial charge in [0.1, 0.15) is 11.5 Å². The lowest BCUT2D eigenvalue weighted by molar-refractivity contribution is 0.102. The summed E-state index contributed by atoms with van der Waals surface area (Å²) < 4.78 is 0. The van der Waals surface area contributed by atoms with Crippen LogP contribution in [0, 0.1) is 0 Å². The van der Waals surface area contributed by atoms with Gasteiger partial charge in [-0.1, -0.05) is 18.7 Å². The predicted molar refractivity (Wildman–Crippen MR) is 113 cm³/mol. The standard InChI is InChI=1S/C21H20N6O/c1-12(26-27-13(2)22)15-4-6-18-16(9-15)10-20(25-18)21(28)24-17-5-3-14-7-8-23-19(14)11-17/h3-11,23,25,27H,2,22H2,1H3,(H,24,28)/b26-12-. The van der Waals surface area contributed by atoms with Gasteiger partial charge in [0.25, 0.3) is 5.91 Å². The Kier molecular flexibility index (Phi) is 4.33. The van der Waals surface area contributed by atoms with Crippen molar-refractivity contribution in [3.63, 3.8) is 0 Å². The van der Waals surface area contributed by atoms with Crippen LogP contribution in [0.4, 0.5) is 5.69 Å². The van der Waals surface area contributed by atoms with Crippen molar-refractivity contribution in [2.45, 2.75) is 6.92 Å². The monoisotopic (exact) mass is 372 g/mol. The van der Waals surface area contributed by atoms with Crippen molar-refractivity contribution >= 4 is 39.1 Å². The molecule has 2 aromatic carbocycles. The van der Waals surface area contributed by atoms with E-state index in [9.17, 15) is 4.79 Å². The minimum atomic E-state index is -0.199. The van der Waals surface area contributed by atoms with Gasteiger partial charge in [-0.25, -0.2) is 0 Å². The second kappa shape index (κ2) is 6.96. The van der Waals surface area contributed by atoms with Gasteiger partial charge in [-0.15, -0.1) is 0 Å². The molecule has 1 amide bonds. The number of rotatable bonds is 5. The van der Waals surface area contributed by atoms with Gasteiger partial charge in [0.2, 0.25) is 0 Å². The van der Waals surface area contributed by atoms with E-state index in [0.717, 1.165) is 38.8 Å². The second-order valence-corrected chi connectivity index (χ2v) is 6.55. The molecule has 0 fully saturated rings. The molecule has 0 spiro atoms. The zero-order valence-corrected chi connectivity index (χ0v) is 15.3. The Balaban J connectivity index is 1.57. The van der Waals surface area contributed by atoms with Crippen molar-refractivity contribution in [2.24, 2.45) is 10.8 Å². The van der Waals surface area contributed by atoms with Crippen LogP contribution in [0.5, 0.6) is 0 Å². The van der Waals surface area contributed by atoms with Gasteiger partial charge in [-0.05, 0) is 54.3 Å². The van der Waals surface area contributed by atoms with E-state index in [4.69, 9.17) is 5.73 Å². The third-order valence-corrected chi connectivity index (χ3v) is 4.46. The number of nitrogens with zero attached hydrogens (tertiary/aromatic N) is 1. The van der Waals surface area contributed by atoms with E-state index in [2.05, 4.69) is 32.4 Å². The van der Waals surface area contributed by atoms with Gasteiger partial charge in [0.05, 0.1) is 5.71 Å². The average molecular weight is 372 g/mol. The molecule has 0 bridgehead atoms. The number of hydrogen-bond acceptors (Lipinski definition) is 4. The van der Waals surface area contributed by atoms with Crippen molar-refractivity contribution in [3.8, 4) is 0 Å². The quantitative estimate of drug-likeness (QED) is 0.272. The topological polar surface area (TPSA) is 111 Å². The summed E-state index contributed by atoms with van der Waals surface area (Å²) in [5.74, 6) is 0.0775. The van der Waals surface area contributed by atoms with Crippen molar-refractivity contribution in [1.29, 1.82) is 0 Å². The molecule has 0 atom stereocenters. The number of H-pyrrole nitrogens is 2. The normalized spacial score (nSPS) is 11.7.